The van der Waals surface area contributed by atoms with E-state index < -0.39 is 0 Å². The van der Waals surface area contributed by atoms with E-state index >= 15 is 0 Å². The molecule has 3 nitrogen and oxygen atoms in total. The van der Waals surface area contributed by atoms with E-state index in [0.717, 1.165) is 11.5 Å². The van der Waals surface area contributed by atoms with Crippen LogP contribution >= 0.6 is 0 Å². The number of hydrogen-bond acceptors (Lipinski definition) is 3. The molecule has 9 heavy (non-hydrogen) atoms. The summed E-state index contributed by atoms with van der Waals surface area (Å²) < 4.78 is 0. The van der Waals surface area contributed by atoms with Gasteiger partial charge in [-0.25, -0.2) is 9.97 Å². The Hall–Kier alpha value is -0.960. The van der Waals surface area contributed by atoms with Crippen LogP contribution in [-0.2, 0) is 6.54 Å². The van der Waals surface area contributed by atoms with Crippen molar-refractivity contribution in [3.63, 3.8) is 0 Å². The highest BCUT2D eigenvalue weighted by Gasteiger charge is 1.88. The topological polar surface area (TPSA) is 51.8 Å². The molecular weight excluding hydrogens is 114 g/mol. The first-order valence-electron chi connectivity index (χ1n) is 2.81. The van der Waals surface area contributed by atoms with Crippen molar-refractivity contribution in [2.24, 2.45) is 5.73 Å². The molecule has 0 radical (unpaired) electrons. The van der Waals surface area contributed by atoms with Crippen molar-refractivity contribution < 1.29 is 0 Å². The van der Waals surface area contributed by atoms with E-state index in [-0.39, 0.29) is 0 Å². The summed E-state index contributed by atoms with van der Waals surface area (Å²) in [5, 5.41) is 0. The monoisotopic (exact) mass is 123 g/mol. The molecule has 0 aliphatic carbocycles. The highest BCUT2D eigenvalue weighted by atomic mass is 14.9. The number of rotatable bonds is 1. The molecule has 0 aliphatic heterocycles. The maximum atomic E-state index is 5.33. The zero-order valence-corrected chi connectivity index (χ0v) is 5.33. The van der Waals surface area contributed by atoms with Crippen LogP contribution in [0.2, 0.25) is 0 Å². The normalized spacial score (nSPS) is 9.56. The zero-order chi connectivity index (χ0) is 6.69. The molecule has 48 valence electrons. The molecular formula is C6H9N3. The third-order valence-electron chi connectivity index (χ3n) is 1.04. The van der Waals surface area contributed by atoms with Crippen molar-refractivity contribution in [2.45, 2.75) is 13.5 Å². The fraction of sp³-hybridized carbons (Fsp3) is 0.333. The van der Waals surface area contributed by atoms with Gasteiger partial charge in [0.05, 0.1) is 5.69 Å². The summed E-state index contributed by atoms with van der Waals surface area (Å²) in [4.78, 5) is 7.98. The molecule has 2 N–H and O–H groups in total. The first-order chi connectivity index (χ1) is 4.33. The van der Waals surface area contributed by atoms with E-state index in [4.69, 9.17) is 5.73 Å². The maximum Gasteiger partial charge on any atom is 0.125 e. The fourth-order valence-corrected chi connectivity index (χ4v) is 0.619. The summed E-state index contributed by atoms with van der Waals surface area (Å²) in [5.74, 6) is 0.776. The van der Waals surface area contributed by atoms with Crippen LogP contribution < -0.4 is 5.73 Å². The van der Waals surface area contributed by atoms with E-state index in [0.29, 0.717) is 6.54 Å². The minimum atomic E-state index is 0.489. The Balaban J connectivity index is 2.94. The molecule has 0 bridgehead atoms. The van der Waals surface area contributed by atoms with Gasteiger partial charge in [0.25, 0.3) is 0 Å². The average Bonchev–Trinajstić information content (AvgIpc) is 1.88. The molecule has 0 aliphatic rings. The number of nitrogens with two attached hydrogens (primary N) is 1. The molecule has 0 amide bonds. The standard InChI is InChI=1S/C6H9N3/c1-5-8-3-2-6(4-7)9-5/h2-3H,4,7H2,1H3. The lowest BCUT2D eigenvalue weighted by molar-refractivity contribution is 0.926. The van der Waals surface area contributed by atoms with E-state index in [1.54, 1.807) is 6.20 Å². The molecule has 1 heterocycles. The van der Waals surface area contributed by atoms with Gasteiger partial charge >= 0.3 is 0 Å². The molecule has 0 fully saturated rings. The second kappa shape index (κ2) is 2.55. The van der Waals surface area contributed by atoms with Crippen LogP contribution in [0.3, 0.4) is 0 Å². The Morgan fingerprint density at radius 1 is 1.67 bits per heavy atom. The van der Waals surface area contributed by atoms with Crippen molar-refractivity contribution in [3.8, 4) is 0 Å². The van der Waals surface area contributed by atoms with Crippen molar-refractivity contribution in [3.05, 3.63) is 23.8 Å². The minimum absolute atomic E-state index is 0.489. The number of nitrogens with zero attached hydrogens (tertiary/aromatic N) is 2. The summed E-state index contributed by atoms with van der Waals surface area (Å²) in [6, 6.07) is 1.81. The molecule has 0 saturated carbocycles. The molecule has 0 saturated heterocycles. The summed E-state index contributed by atoms with van der Waals surface area (Å²) in [6.45, 7) is 2.34. The van der Waals surface area contributed by atoms with Gasteiger partial charge in [-0.05, 0) is 13.0 Å². The van der Waals surface area contributed by atoms with Gasteiger partial charge in [0.1, 0.15) is 5.82 Å². The van der Waals surface area contributed by atoms with E-state index in [2.05, 4.69) is 9.97 Å². The molecule has 0 unspecified atom stereocenters. The van der Waals surface area contributed by atoms with Gasteiger partial charge in [0, 0.05) is 12.7 Å². The molecule has 0 atom stereocenters. The summed E-state index contributed by atoms with van der Waals surface area (Å²) >= 11 is 0. The first-order valence-corrected chi connectivity index (χ1v) is 2.81. The van der Waals surface area contributed by atoms with Crippen LogP contribution in [-0.4, -0.2) is 9.97 Å². The Kier molecular flexibility index (Phi) is 1.75. The van der Waals surface area contributed by atoms with Crippen LogP contribution in [0.5, 0.6) is 0 Å². The number of aromatic nitrogens is 2. The molecule has 1 rings (SSSR count). The predicted octanol–water partition coefficient (Wildman–Crippen LogP) is 0.244. The van der Waals surface area contributed by atoms with Crippen LogP contribution in [0.1, 0.15) is 11.5 Å². The zero-order valence-electron chi connectivity index (χ0n) is 5.33. The molecule has 0 spiro atoms. The van der Waals surface area contributed by atoms with Gasteiger partial charge in [-0.1, -0.05) is 0 Å². The molecule has 3 heteroatoms. The third kappa shape index (κ3) is 1.47. The highest BCUT2D eigenvalue weighted by Crippen LogP contribution is 1.90. The number of aryl methyl sites for hydroxylation is 1. The second-order valence-electron chi connectivity index (χ2n) is 1.80. The SMILES string of the molecule is Cc1nccc(CN)n1. The lowest BCUT2D eigenvalue weighted by Gasteiger charge is -1.93. The summed E-state index contributed by atoms with van der Waals surface area (Å²) in [6.07, 6.45) is 1.71. The smallest absolute Gasteiger partial charge is 0.125 e. The Labute approximate surface area is 53.9 Å². The summed E-state index contributed by atoms with van der Waals surface area (Å²) in [5.41, 5.74) is 6.22. The fourth-order valence-electron chi connectivity index (χ4n) is 0.619. The van der Waals surface area contributed by atoms with Crippen molar-refractivity contribution in [1.29, 1.82) is 0 Å². The lowest BCUT2D eigenvalue weighted by atomic mass is 10.4. The van der Waals surface area contributed by atoms with Crippen LogP contribution in [0.4, 0.5) is 0 Å². The predicted molar refractivity (Wildman–Crippen MR) is 34.7 cm³/mol. The van der Waals surface area contributed by atoms with E-state index in [1.165, 1.54) is 0 Å². The van der Waals surface area contributed by atoms with E-state index in [9.17, 15) is 0 Å². The van der Waals surface area contributed by atoms with Crippen molar-refractivity contribution in [2.75, 3.05) is 0 Å². The lowest BCUT2D eigenvalue weighted by Crippen LogP contribution is -2.00. The van der Waals surface area contributed by atoms with Gasteiger partial charge in [-0.2, -0.15) is 0 Å². The Bertz CT molecular complexity index is 197. The average molecular weight is 123 g/mol. The van der Waals surface area contributed by atoms with Crippen molar-refractivity contribution in [1.82, 2.24) is 9.97 Å². The quantitative estimate of drug-likeness (QED) is 0.582. The van der Waals surface area contributed by atoms with Gasteiger partial charge in [0.15, 0.2) is 0 Å². The van der Waals surface area contributed by atoms with Crippen molar-refractivity contribution >= 4 is 0 Å². The van der Waals surface area contributed by atoms with Gasteiger partial charge in [-0.3, -0.25) is 0 Å². The van der Waals surface area contributed by atoms with Crippen LogP contribution in [0, 0.1) is 6.92 Å². The number of hydrogen-bond donors (Lipinski definition) is 1. The molecule has 1 aromatic rings. The van der Waals surface area contributed by atoms with Gasteiger partial charge < -0.3 is 5.73 Å². The largest absolute Gasteiger partial charge is 0.325 e. The van der Waals surface area contributed by atoms with Crippen LogP contribution in [0.15, 0.2) is 12.3 Å². The third-order valence-corrected chi connectivity index (χ3v) is 1.04. The first kappa shape index (κ1) is 6.16. The minimum Gasteiger partial charge on any atom is -0.325 e. The van der Waals surface area contributed by atoms with Gasteiger partial charge in [-0.15, -0.1) is 0 Å². The highest BCUT2D eigenvalue weighted by molar-refractivity contribution is 5.00. The molecule has 0 aromatic carbocycles. The van der Waals surface area contributed by atoms with Crippen LogP contribution in [0.25, 0.3) is 0 Å². The Morgan fingerprint density at radius 2 is 2.44 bits per heavy atom. The Morgan fingerprint density at radius 3 is 2.89 bits per heavy atom. The maximum absolute atomic E-state index is 5.33. The summed E-state index contributed by atoms with van der Waals surface area (Å²) in [7, 11) is 0. The molecule has 1 aromatic heterocycles. The van der Waals surface area contributed by atoms with Gasteiger partial charge in [0.2, 0.25) is 0 Å². The second-order valence-corrected chi connectivity index (χ2v) is 1.80. The van der Waals surface area contributed by atoms with E-state index in [1.807, 2.05) is 13.0 Å².